The molecule has 0 aromatic carbocycles. The smallest absolute Gasteiger partial charge is 0.337 e. The summed E-state index contributed by atoms with van der Waals surface area (Å²) < 4.78 is 7.62. The fourth-order valence-electron chi connectivity index (χ4n) is 6.50. The molecule has 1 spiro atoms. The maximum absolute atomic E-state index is 12.2. The Balaban J connectivity index is 1.54. The highest BCUT2D eigenvalue weighted by Crippen LogP contribution is 2.68. The molecule has 1 unspecified atom stereocenters. The third kappa shape index (κ3) is 3.19. The van der Waals surface area contributed by atoms with Crippen molar-refractivity contribution in [2.75, 3.05) is 6.61 Å². The van der Waals surface area contributed by atoms with E-state index in [1.807, 2.05) is 0 Å². The average Bonchev–Trinajstić information content (AvgIpc) is 3.14. The van der Waals surface area contributed by atoms with Gasteiger partial charge in [0, 0.05) is 38.4 Å². The number of nitrogens with zero attached hydrogens (tertiary/aromatic N) is 1. The molecule has 3 fully saturated rings. The van der Waals surface area contributed by atoms with Gasteiger partial charge >= 0.3 is 5.97 Å². The van der Waals surface area contributed by atoms with Crippen LogP contribution in [0.15, 0.2) is 23.1 Å². The number of ether oxygens (including phenoxy) is 1. The minimum Gasteiger partial charge on any atom is -0.478 e. The van der Waals surface area contributed by atoms with E-state index in [1.165, 1.54) is 22.9 Å². The Morgan fingerprint density at radius 1 is 1.34 bits per heavy atom. The van der Waals surface area contributed by atoms with E-state index in [1.54, 1.807) is 6.92 Å². The number of aromatic nitrogens is 1. The van der Waals surface area contributed by atoms with Crippen molar-refractivity contribution in [3.8, 4) is 0 Å². The van der Waals surface area contributed by atoms with Gasteiger partial charge in [-0.15, -0.1) is 0 Å². The molecule has 1 aromatic rings. The molecule has 0 radical (unpaired) electrons. The lowest BCUT2D eigenvalue weighted by atomic mass is 9.59. The van der Waals surface area contributed by atoms with E-state index in [0.717, 1.165) is 19.3 Å². The first-order chi connectivity index (χ1) is 13.6. The van der Waals surface area contributed by atoms with Gasteiger partial charge in [0.15, 0.2) is 0 Å². The number of carboxylic acid groups (broad SMARTS) is 1. The minimum atomic E-state index is -1.04. The predicted octanol–water partition coefficient (Wildman–Crippen LogP) is 2.28. The number of nitrogens with one attached hydrogen (secondary N) is 1. The summed E-state index contributed by atoms with van der Waals surface area (Å²) in [7, 11) is 0. The van der Waals surface area contributed by atoms with Gasteiger partial charge in [0.2, 0.25) is 5.91 Å². The Bertz CT molecular complexity index is 891. The molecule has 7 heteroatoms. The first-order valence-corrected chi connectivity index (χ1v) is 10.5. The van der Waals surface area contributed by atoms with Crippen LogP contribution < -0.4 is 10.9 Å². The van der Waals surface area contributed by atoms with Crippen LogP contribution in [0.3, 0.4) is 0 Å². The van der Waals surface area contributed by atoms with Crippen LogP contribution in [0.2, 0.25) is 0 Å². The molecular formula is C22H30N2O5. The van der Waals surface area contributed by atoms with Crippen molar-refractivity contribution in [1.29, 1.82) is 0 Å². The maximum Gasteiger partial charge on any atom is 0.337 e. The van der Waals surface area contributed by atoms with Crippen LogP contribution in [-0.4, -0.2) is 40.3 Å². The number of rotatable bonds is 5. The first kappa shape index (κ1) is 20.1. The second kappa shape index (κ2) is 6.97. The molecule has 2 aliphatic carbocycles. The molecule has 2 N–H and O–H groups in total. The Morgan fingerprint density at radius 3 is 2.79 bits per heavy atom. The lowest BCUT2D eigenvalue weighted by Gasteiger charge is -2.53. The highest BCUT2D eigenvalue weighted by molar-refractivity contribution is 5.87. The van der Waals surface area contributed by atoms with Gasteiger partial charge in [-0.05, 0) is 54.4 Å². The minimum absolute atomic E-state index is 0.0153. The Labute approximate surface area is 170 Å². The topological polar surface area (TPSA) is 97.6 Å². The summed E-state index contributed by atoms with van der Waals surface area (Å²) in [6.07, 6.45) is 5.24. The van der Waals surface area contributed by atoms with Crippen molar-refractivity contribution in [3.63, 3.8) is 0 Å². The van der Waals surface area contributed by atoms with Crippen molar-refractivity contribution in [2.24, 2.45) is 22.7 Å². The van der Waals surface area contributed by atoms with Crippen LogP contribution in [0.25, 0.3) is 0 Å². The molecule has 5 atom stereocenters. The van der Waals surface area contributed by atoms with E-state index >= 15 is 0 Å². The summed E-state index contributed by atoms with van der Waals surface area (Å²) in [5.74, 6) is -0.125. The number of carbonyl (C=O) groups excluding carboxylic acids is 1. The fraction of sp³-hybridized carbons (Fsp3) is 0.682. The van der Waals surface area contributed by atoms with Crippen LogP contribution >= 0.6 is 0 Å². The van der Waals surface area contributed by atoms with E-state index < -0.39 is 5.97 Å². The summed E-state index contributed by atoms with van der Waals surface area (Å²) >= 11 is 0. The van der Waals surface area contributed by atoms with E-state index in [2.05, 4.69) is 19.2 Å². The number of aryl methyl sites for hydroxylation is 1. The monoisotopic (exact) mass is 402 g/mol. The number of carboxylic acids is 1. The fourth-order valence-corrected chi connectivity index (χ4v) is 6.50. The van der Waals surface area contributed by atoms with E-state index in [-0.39, 0.29) is 40.0 Å². The van der Waals surface area contributed by atoms with Crippen LogP contribution in [0, 0.1) is 22.7 Å². The number of carbonyl (C=O) groups is 2. The van der Waals surface area contributed by atoms with Crippen molar-refractivity contribution >= 4 is 11.9 Å². The molecule has 1 aliphatic heterocycles. The van der Waals surface area contributed by atoms with Crippen LogP contribution in [0.4, 0.5) is 0 Å². The van der Waals surface area contributed by atoms with Crippen molar-refractivity contribution in [1.82, 2.24) is 9.88 Å². The normalized spacial score (nSPS) is 34.6. The number of amides is 1. The van der Waals surface area contributed by atoms with Crippen LogP contribution in [-0.2, 0) is 16.1 Å². The van der Waals surface area contributed by atoms with Crippen LogP contribution in [0.5, 0.6) is 0 Å². The van der Waals surface area contributed by atoms with Crippen molar-refractivity contribution in [2.45, 2.75) is 65.1 Å². The Hall–Kier alpha value is -2.15. The largest absolute Gasteiger partial charge is 0.478 e. The molecule has 158 valence electrons. The summed E-state index contributed by atoms with van der Waals surface area (Å²) in [4.78, 5) is 35.3. The van der Waals surface area contributed by atoms with Gasteiger partial charge in [0.1, 0.15) is 0 Å². The second-order valence-electron chi connectivity index (χ2n) is 9.63. The summed E-state index contributed by atoms with van der Waals surface area (Å²) in [5.41, 5.74) is 0.0247. The molecule has 4 rings (SSSR count). The standard InChI is InChI=1S/C22H30N2O5/c1-13(25)23-20-21(2,3)15-10-16-17(29-9-7-22(16,20)11-15)6-8-24-12-14(19(27)28)4-5-18(24)26/h4-5,12,15-17,20H,6-11H2,1-3H3,(H,23,25)(H,27,28)/t15-,16-,17-,20+,22?/m1/s1. The quantitative estimate of drug-likeness (QED) is 0.788. The number of aromatic carboxylic acids is 1. The van der Waals surface area contributed by atoms with Gasteiger partial charge in [-0.1, -0.05) is 13.8 Å². The van der Waals surface area contributed by atoms with Gasteiger partial charge in [0.25, 0.3) is 5.56 Å². The zero-order valence-electron chi connectivity index (χ0n) is 17.3. The van der Waals surface area contributed by atoms with Crippen molar-refractivity contribution < 1.29 is 19.4 Å². The predicted molar refractivity (Wildman–Crippen MR) is 107 cm³/mol. The maximum atomic E-state index is 12.2. The Morgan fingerprint density at radius 2 is 2.10 bits per heavy atom. The van der Waals surface area contributed by atoms with Gasteiger partial charge in [-0.2, -0.15) is 0 Å². The molecule has 3 aliphatic rings. The van der Waals surface area contributed by atoms with Gasteiger partial charge in [-0.3, -0.25) is 9.59 Å². The zero-order chi connectivity index (χ0) is 21.0. The molecule has 2 bridgehead atoms. The van der Waals surface area contributed by atoms with Gasteiger partial charge < -0.3 is 19.7 Å². The summed E-state index contributed by atoms with van der Waals surface area (Å²) in [6.45, 7) is 7.21. The molecule has 2 saturated carbocycles. The van der Waals surface area contributed by atoms with E-state index in [4.69, 9.17) is 4.74 Å². The average molecular weight is 402 g/mol. The van der Waals surface area contributed by atoms with E-state index in [9.17, 15) is 19.5 Å². The highest BCUT2D eigenvalue weighted by atomic mass is 16.5. The third-order valence-corrected chi connectivity index (χ3v) is 7.86. The number of pyridine rings is 1. The summed E-state index contributed by atoms with van der Waals surface area (Å²) in [5, 5.41) is 12.4. The van der Waals surface area contributed by atoms with Gasteiger partial charge in [-0.25, -0.2) is 4.79 Å². The third-order valence-electron chi connectivity index (χ3n) is 7.86. The van der Waals surface area contributed by atoms with Crippen LogP contribution in [0.1, 0.15) is 56.8 Å². The molecule has 1 aromatic heterocycles. The molecule has 7 nitrogen and oxygen atoms in total. The second-order valence-corrected chi connectivity index (χ2v) is 9.63. The number of fused-ring (bicyclic) bond motifs is 1. The first-order valence-electron chi connectivity index (χ1n) is 10.5. The zero-order valence-corrected chi connectivity index (χ0v) is 17.3. The molecule has 1 saturated heterocycles. The van der Waals surface area contributed by atoms with Crippen molar-refractivity contribution in [3.05, 3.63) is 34.2 Å². The molecule has 1 amide bonds. The highest BCUT2D eigenvalue weighted by Gasteiger charge is 2.68. The number of hydrogen-bond acceptors (Lipinski definition) is 4. The Kier molecular flexibility index (Phi) is 4.84. The lowest BCUT2D eigenvalue weighted by molar-refractivity contribution is -0.136. The number of hydrogen-bond donors (Lipinski definition) is 2. The SMILES string of the molecule is CC(=O)N[C@H]1C(C)(C)[C@@H]2C[C@@H]3[C@@H](CCn4cc(C(=O)O)ccc4=O)OCCC31C2. The molecule has 2 heterocycles. The van der Waals surface area contributed by atoms with E-state index in [0.29, 0.717) is 31.4 Å². The molecule has 29 heavy (non-hydrogen) atoms. The van der Waals surface area contributed by atoms with Gasteiger partial charge in [0.05, 0.1) is 11.7 Å². The lowest BCUT2D eigenvalue weighted by Crippen LogP contribution is -2.60. The molecular weight excluding hydrogens is 372 g/mol. The summed E-state index contributed by atoms with van der Waals surface area (Å²) in [6, 6.07) is 2.78.